The summed E-state index contributed by atoms with van der Waals surface area (Å²) in [6.07, 6.45) is 1.48. The molecule has 0 bridgehead atoms. The summed E-state index contributed by atoms with van der Waals surface area (Å²) < 4.78 is 5.42. The van der Waals surface area contributed by atoms with Gasteiger partial charge in [0.05, 0.1) is 18.4 Å². The van der Waals surface area contributed by atoms with Crippen molar-refractivity contribution < 1.29 is 19.4 Å². The highest BCUT2D eigenvalue weighted by molar-refractivity contribution is 5.80. The number of carboxylic acids is 1. The van der Waals surface area contributed by atoms with E-state index in [2.05, 4.69) is 5.32 Å². The van der Waals surface area contributed by atoms with Crippen LogP contribution in [0.3, 0.4) is 0 Å². The molecule has 16 heavy (non-hydrogen) atoms. The number of hydrogen-bond donors (Lipinski definition) is 2. The highest BCUT2D eigenvalue weighted by atomic mass is 16.5. The third-order valence-electron chi connectivity index (χ3n) is 2.82. The van der Waals surface area contributed by atoms with Gasteiger partial charge < -0.3 is 15.2 Å². The van der Waals surface area contributed by atoms with E-state index in [1.807, 2.05) is 6.92 Å². The second kappa shape index (κ2) is 5.84. The second-order valence-corrected chi connectivity index (χ2v) is 4.22. The Kier molecular flexibility index (Phi) is 4.73. The quantitative estimate of drug-likeness (QED) is 0.730. The number of rotatable bonds is 5. The van der Waals surface area contributed by atoms with Gasteiger partial charge in [0, 0.05) is 12.6 Å². The minimum Gasteiger partial charge on any atom is -0.481 e. The van der Waals surface area contributed by atoms with E-state index in [1.54, 1.807) is 6.92 Å². The molecular weight excluding hydrogens is 210 g/mol. The van der Waals surface area contributed by atoms with Gasteiger partial charge in [0.15, 0.2) is 0 Å². The van der Waals surface area contributed by atoms with Crippen molar-refractivity contribution in [3.05, 3.63) is 0 Å². The van der Waals surface area contributed by atoms with E-state index in [0.717, 1.165) is 12.8 Å². The van der Waals surface area contributed by atoms with Crippen molar-refractivity contribution in [1.29, 1.82) is 0 Å². The number of amides is 1. The van der Waals surface area contributed by atoms with Crippen LogP contribution < -0.4 is 5.32 Å². The molecule has 0 aromatic heterocycles. The van der Waals surface area contributed by atoms with Gasteiger partial charge in [0.1, 0.15) is 0 Å². The van der Waals surface area contributed by atoms with Gasteiger partial charge >= 0.3 is 5.97 Å². The molecule has 1 heterocycles. The Morgan fingerprint density at radius 2 is 2.25 bits per heavy atom. The van der Waals surface area contributed by atoms with Crippen LogP contribution in [0.4, 0.5) is 0 Å². The van der Waals surface area contributed by atoms with E-state index in [-0.39, 0.29) is 30.4 Å². The van der Waals surface area contributed by atoms with E-state index in [9.17, 15) is 9.59 Å². The topological polar surface area (TPSA) is 75.6 Å². The minimum absolute atomic E-state index is 0.0166. The molecule has 1 rings (SSSR count). The van der Waals surface area contributed by atoms with Gasteiger partial charge in [-0.25, -0.2) is 0 Å². The van der Waals surface area contributed by atoms with Crippen LogP contribution in [-0.4, -0.2) is 35.7 Å². The largest absolute Gasteiger partial charge is 0.481 e. The molecule has 2 N–H and O–H groups in total. The number of carbonyl (C=O) groups is 2. The van der Waals surface area contributed by atoms with Crippen molar-refractivity contribution >= 4 is 11.9 Å². The fourth-order valence-corrected chi connectivity index (χ4v) is 2.01. The normalized spacial score (nSPS) is 26.4. The zero-order valence-corrected chi connectivity index (χ0v) is 9.73. The van der Waals surface area contributed by atoms with Crippen molar-refractivity contribution in [1.82, 2.24) is 5.32 Å². The van der Waals surface area contributed by atoms with Crippen molar-refractivity contribution in [3.8, 4) is 0 Å². The SMILES string of the molecule is CCC1OCCC1C(=O)NC(C)CC(=O)O. The summed E-state index contributed by atoms with van der Waals surface area (Å²) >= 11 is 0. The van der Waals surface area contributed by atoms with Crippen LogP contribution in [0.25, 0.3) is 0 Å². The molecule has 1 amide bonds. The number of hydrogen-bond acceptors (Lipinski definition) is 3. The van der Waals surface area contributed by atoms with Crippen LogP contribution >= 0.6 is 0 Å². The lowest BCUT2D eigenvalue weighted by atomic mass is 9.98. The predicted molar refractivity (Wildman–Crippen MR) is 58.0 cm³/mol. The fraction of sp³-hybridized carbons (Fsp3) is 0.818. The molecule has 3 unspecified atom stereocenters. The molecule has 1 aliphatic rings. The van der Waals surface area contributed by atoms with Crippen LogP contribution in [0.1, 0.15) is 33.1 Å². The summed E-state index contributed by atoms with van der Waals surface area (Å²) in [5, 5.41) is 11.3. The Morgan fingerprint density at radius 3 is 2.81 bits per heavy atom. The first-order valence-electron chi connectivity index (χ1n) is 5.68. The van der Waals surface area contributed by atoms with Crippen LogP contribution in [0.2, 0.25) is 0 Å². The lowest BCUT2D eigenvalue weighted by molar-refractivity contribution is -0.137. The van der Waals surface area contributed by atoms with E-state index in [1.165, 1.54) is 0 Å². The Bertz CT molecular complexity index is 267. The molecule has 0 spiro atoms. The van der Waals surface area contributed by atoms with Crippen molar-refractivity contribution in [3.63, 3.8) is 0 Å². The predicted octanol–water partition coefficient (Wildman–Crippen LogP) is 0.781. The average molecular weight is 229 g/mol. The first-order chi connectivity index (χ1) is 7.54. The summed E-state index contributed by atoms with van der Waals surface area (Å²) in [4.78, 5) is 22.3. The van der Waals surface area contributed by atoms with Crippen LogP contribution in [0, 0.1) is 5.92 Å². The summed E-state index contributed by atoms with van der Waals surface area (Å²) in [6, 6.07) is -0.330. The van der Waals surface area contributed by atoms with E-state index < -0.39 is 5.97 Å². The molecule has 5 nitrogen and oxygen atoms in total. The molecular formula is C11H19NO4. The number of carbonyl (C=O) groups excluding carboxylic acids is 1. The number of aliphatic carboxylic acids is 1. The molecule has 1 fully saturated rings. The Hall–Kier alpha value is -1.10. The van der Waals surface area contributed by atoms with Gasteiger partial charge in [-0.1, -0.05) is 6.92 Å². The minimum atomic E-state index is -0.900. The Morgan fingerprint density at radius 1 is 1.56 bits per heavy atom. The van der Waals surface area contributed by atoms with Crippen molar-refractivity contribution in [2.75, 3.05) is 6.61 Å². The lowest BCUT2D eigenvalue weighted by Gasteiger charge is -2.19. The van der Waals surface area contributed by atoms with Crippen LogP contribution in [0.15, 0.2) is 0 Å². The van der Waals surface area contributed by atoms with Gasteiger partial charge in [-0.15, -0.1) is 0 Å². The van der Waals surface area contributed by atoms with E-state index in [0.29, 0.717) is 6.61 Å². The maximum Gasteiger partial charge on any atom is 0.305 e. The first-order valence-corrected chi connectivity index (χ1v) is 5.68. The van der Waals surface area contributed by atoms with Crippen molar-refractivity contribution in [2.24, 2.45) is 5.92 Å². The van der Waals surface area contributed by atoms with Gasteiger partial charge in [-0.05, 0) is 19.8 Å². The smallest absolute Gasteiger partial charge is 0.305 e. The van der Waals surface area contributed by atoms with Gasteiger partial charge in [0.25, 0.3) is 0 Å². The lowest BCUT2D eigenvalue weighted by Crippen LogP contribution is -2.40. The monoisotopic (exact) mass is 229 g/mol. The fourth-order valence-electron chi connectivity index (χ4n) is 2.01. The molecule has 5 heteroatoms. The molecule has 1 saturated heterocycles. The standard InChI is InChI=1S/C11H19NO4/c1-3-9-8(4-5-16-9)11(15)12-7(2)6-10(13)14/h7-9H,3-6H2,1-2H3,(H,12,15)(H,13,14). The average Bonchev–Trinajstić information content (AvgIpc) is 2.63. The maximum atomic E-state index is 11.8. The van der Waals surface area contributed by atoms with Crippen LogP contribution in [-0.2, 0) is 14.3 Å². The number of carboxylic acid groups (broad SMARTS) is 1. The third kappa shape index (κ3) is 3.48. The van der Waals surface area contributed by atoms with Gasteiger partial charge in [0.2, 0.25) is 5.91 Å². The molecule has 1 aliphatic heterocycles. The molecule has 0 aromatic rings. The third-order valence-corrected chi connectivity index (χ3v) is 2.82. The second-order valence-electron chi connectivity index (χ2n) is 4.22. The van der Waals surface area contributed by atoms with Crippen LogP contribution in [0.5, 0.6) is 0 Å². The zero-order chi connectivity index (χ0) is 12.1. The molecule has 92 valence electrons. The summed E-state index contributed by atoms with van der Waals surface area (Å²) in [7, 11) is 0. The highest BCUT2D eigenvalue weighted by Gasteiger charge is 2.33. The van der Waals surface area contributed by atoms with Gasteiger partial charge in [-0.3, -0.25) is 9.59 Å². The molecule has 0 saturated carbocycles. The van der Waals surface area contributed by atoms with Gasteiger partial charge in [-0.2, -0.15) is 0 Å². The first kappa shape index (κ1) is 13.0. The summed E-state index contributed by atoms with van der Waals surface area (Å²) in [5.41, 5.74) is 0. The molecule has 0 aliphatic carbocycles. The summed E-state index contributed by atoms with van der Waals surface area (Å²) in [6.45, 7) is 4.30. The maximum absolute atomic E-state index is 11.8. The molecule has 3 atom stereocenters. The van der Waals surface area contributed by atoms with E-state index >= 15 is 0 Å². The zero-order valence-electron chi connectivity index (χ0n) is 9.73. The Balaban J connectivity index is 2.42. The van der Waals surface area contributed by atoms with E-state index in [4.69, 9.17) is 9.84 Å². The molecule has 0 radical (unpaired) electrons. The number of ether oxygens (including phenoxy) is 1. The Labute approximate surface area is 95.2 Å². The highest BCUT2D eigenvalue weighted by Crippen LogP contribution is 2.23. The summed E-state index contributed by atoms with van der Waals surface area (Å²) in [5.74, 6) is -1.11. The number of nitrogens with one attached hydrogen (secondary N) is 1. The molecule has 0 aromatic carbocycles. The van der Waals surface area contributed by atoms with Crippen molar-refractivity contribution in [2.45, 2.75) is 45.3 Å².